The molecule has 4 aromatic rings. The second-order valence-electron chi connectivity index (χ2n) is 5.50. The molecule has 24 heavy (non-hydrogen) atoms. The second-order valence-corrected chi connectivity index (χ2v) is 5.50. The van der Waals surface area contributed by atoms with Crippen molar-refractivity contribution in [3.8, 4) is 17.1 Å². The number of aromatic nitrogens is 3. The van der Waals surface area contributed by atoms with Gasteiger partial charge in [0, 0.05) is 13.3 Å². The number of methoxy groups -OCH3 is 1. The van der Waals surface area contributed by atoms with Crippen LogP contribution in [0.2, 0.25) is 0 Å². The Morgan fingerprint density at radius 3 is 2.62 bits per heavy atom. The monoisotopic (exact) mass is 319 g/mol. The molecule has 4 rings (SSSR count). The summed E-state index contributed by atoms with van der Waals surface area (Å²) in [6.45, 7) is 1.02. The molecule has 0 fully saturated rings. The maximum Gasteiger partial charge on any atom is 0.178 e. The third-order valence-corrected chi connectivity index (χ3v) is 3.91. The first-order chi connectivity index (χ1) is 11.8. The summed E-state index contributed by atoms with van der Waals surface area (Å²) in [5, 5.41) is 2.27. The average Bonchev–Trinajstić information content (AvgIpc) is 3.05. The van der Waals surface area contributed by atoms with Gasteiger partial charge in [-0.15, -0.1) is 0 Å². The molecule has 0 spiro atoms. The number of nitrogens with one attached hydrogen (secondary N) is 1. The lowest BCUT2D eigenvalue weighted by atomic mass is 10.1. The fraction of sp³-hybridized carbons (Fsp3) is 0.158. The number of hydrogen-bond donors (Lipinski definition) is 1. The summed E-state index contributed by atoms with van der Waals surface area (Å²) in [6.07, 6.45) is 1.74. The predicted molar refractivity (Wildman–Crippen MR) is 94.2 cm³/mol. The van der Waals surface area contributed by atoms with Gasteiger partial charge in [0.2, 0.25) is 0 Å². The predicted octanol–water partition coefficient (Wildman–Crippen LogP) is 3.80. The summed E-state index contributed by atoms with van der Waals surface area (Å²) in [4.78, 5) is 12.2. The van der Waals surface area contributed by atoms with E-state index in [0.29, 0.717) is 18.9 Å². The highest BCUT2D eigenvalue weighted by atomic mass is 16.5. The SMILES string of the molecule is COCCOc1cc2ccccc2cc1-c1nc2ncccc2[nH]1. The standard InChI is InChI=1S/C19H17N3O2/c1-23-9-10-24-17-12-14-6-3-2-5-13(14)11-15(17)18-21-16-7-4-8-20-19(16)22-18/h2-8,11-12H,9-10H2,1H3,(H,20,21,22). The molecular weight excluding hydrogens is 302 g/mol. The largest absolute Gasteiger partial charge is 0.490 e. The maximum absolute atomic E-state index is 5.93. The highest BCUT2D eigenvalue weighted by Gasteiger charge is 2.13. The molecule has 2 aromatic carbocycles. The quantitative estimate of drug-likeness (QED) is 0.568. The van der Waals surface area contributed by atoms with Crippen molar-refractivity contribution in [2.24, 2.45) is 0 Å². The van der Waals surface area contributed by atoms with Crippen molar-refractivity contribution in [3.63, 3.8) is 0 Å². The maximum atomic E-state index is 5.93. The van der Waals surface area contributed by atoms with E-state index in [2.05, 4.69) is 33.2 Å². The van der Waals surface area contributed by atoms with Crippen molar-refractivity contribution >= 4 is 21.9 Å². The molecule has 0 unspecified atom stereocenters. The van der Waals surface area contributed by atoms with Crippen LogP contribution < -0.4 is 4.74 Å². The molecule has 2 heterocycles. The number of fused-ring (bicyclic) bond motifs is 2. The Kier molecular flexibility index (Phi) is 3.84. The molecule has 5 heteroatoms. The molecule has 0 bridgehead atoms. The van der Waals surface area contributed by atoms with Gasteiger partial charge in [-0.3, -0.25) is 0 Å². The van der Waals surface area contributed by atoms with E-state index < -0.39 is 0 Å². The number of benzene rings is 2. The Bertz CT molecular complexity index is 961. The van der Waals surface area contributed by atoms with Crippen LogP contribution in [0, 0.1) is 0 Å². The van der Waals surface area contributed by atoms with Crippen molar-refractivity contribution in [3.05, 3.63) is 54.7 Å². The molecule has 0 saturated heterocycles. The van der Waals surface area contributed by atoms with Gasteiger partial charge >= 0.3 is 0 Å². The van der Waals surface area contributed by atoms with Crippen molar-refractivity contribution in [1.82, 2.24) is 15.0 Å². The highest BCUT2D eigenvalue weighted by molar-refractivity contribution is 5.90. The zero-order valence-electron chi connectivity index (χ0n) is 13.3. The number of hydrogen-bond acceptors (Lipinski definition) is 4. The smallest absolute Gasteiger partial charge is 0.178 e. The minimum Gasteiger partial charge on any atom is -0.490 e. The van der Waals surface area contributed by atoms with Gasteiger partial charge in [-0.05, 0) is 35.0 Å². The van der Waals surface area contributed by atoms with Crippen LogP contribution in [0.25, 0.3) is 33.3 Å². The first-order valence-electron chi connectivity index (χ1n) is 7.81. The van der Waals surface area contributed by atoms with Gasteiger partial charge < -0.3 is 14.5 Å². The molecular formula is C19H17N3O2. The lowest BCUT2D eigenvalue weighted by Crippen LogP contribution is -2.05. The first-order valence-corrected chi connectivity index (χ1v) is 7.81. The minimum atomic E-state index is 0.486. The van der Waals surface area contributed by atoms with Crippen LogP contribution in [0.4, 0.5) is 0 Å². The van der Waals surface area contributed by atoms with Crippen molar-refractivity contribution < 1.29 is 9.47 Å². The van der Waals surface area contributed by atoms with Gasteiger partial charge in [-0.2, -0.15) is 0 Å². The Morgan fingerprint density at radius 1 is 1.00 bits per heavy atom. The summed E-state index contributed by atoms with van der Waals surface area (Å²) in [6, 6.07) is 16.2. The number of imidazole rings is 1. The third-order valence-electron chi connectivity index (χ3n) is 3.91. The number of ether oxygens (including phenoxy) is 2. The fourth-order valence-electron chi connectivity index (χ4n) is 2.73. The minimum absolute atomic E-state index is 0.486. The normalized spacial score (nSPS) is 11.2. The number of rotatable bonds is 5. The van der Waals surface area contributed by atoms with E-state index in [1.165, 1.54) is 0 Å². The molecule has 1 N–H and O–H groups in total. The molecule has 0 amide bonds. The Balaban J connectivity index is 1.85. The van der Waals surface area contributed by atoms with E-state index in [-0.39, 0.29) is 0 Å². The van der Waals surface area contributed by atoms with Crippen LogP contribution in [-0.2, 0) is 4.74 Å². The zero-order valence-corrected chi connectivity index (χ0v) is 13.3. The van der Waals surface area contributed by atoms with Crippen LogP contribution in [0.3, 0.4) is 0 Å². The summed E-state index contributed by atoms with van der Waals surface area (Å²) in [7, 11) is 1.66. The van der Waals surface area contributed by atoms with Crippen LogP contribution in [0.1, 0.15) is 0 Å². The topological polar surface area (TPSA) is 60.0 Å². The molecule has 0 aliphatic heterocycles. The Hall–Kier alpha value is -2.92. The fourth-order valence-corrected chi connectivity index (χ4v) is 2.73. The van der Waals surface area contributed by atoms with Gasteiger partial charge in [0.15, 0.2) is 5.65 Å². The molecule has 0 radical (unpaired) electrons. The van der Waals surface area contributed by atoms with Gasteiger partial charge in [0.05, 0.1) is 17.7 Å². The number of nitrogens with zero attached hydrogens (tertiary/aromatic N) is 2. The Morgan fingerprint density at radius 2 is 1.83 bits per heavy atom. The van der Waals surface area contributed by atoms with E-state index in [9.17, 15) is 0 Å². The molecule has 0 aliphatic rings. The zero-order chi connectivity index (χ0) is 16.4. The summed E-state index contributed by atoms with van der Waals surface area (Å²) in [5.74, 6) is 1.53. The van der Waals surface area contributed by atoms with Gasteiger partial charge in [-0.1, -0.05) is 24.3 Å². The van der Waals surface area contributed by atoms with E-state index in [4.69, 9.17) is 9.47 Å². The lowest BCUT2D eigenvalue weighted by molar-refractivity contribution is 0.146. The highest BCUT2D eigenvalue weighted by Crippen LogP contribution is 2.33. The van der Waals surface area contributed by atoms with Crippen molar-refractivity contribution in [2.45, 2.75) is 0 Å². The summed E-state index contributed by atoms with van der Waals surface area (Å²) >= 11 is 0. The van der Waals surface area contributed by atoms with E-state index >= 15 is 0 Å². The molecule has 0 aliphatic carbocycles. The van der Waals surface area contributed by atoms with E-state index in [0.717, 1.165) is 33.4 Å². The number of aromatic amines is 1. The molecule has 2 aromatic heterocycles. The van der Waals surface area contributed by atoms with Crippen LogP contribution >= 0.6 is 0 Å². The third kappa shape index (κ3) is 2.70. The van der Waals surface area contributed by atoms with Gasteiger partial charge in [-0.25, -0.2) is 9.97 Å². The summed E-state index contributed by atoms with van der Waals surface area (Å²) < 4.78 is 11.0. The van der Waals surface area contributed by atoms with Crippen molar-refractivity contribution in [1.29, 1.82) is 0 Å². The Labute approximate surface area is 139 Å². The van der Waals surface area contributed by atoms with Crippen LogP contribution in [-0.4, -0.2) is 35.3 Å². The molecule has 0 saturated carbocycles. The van der Waals surface area contributed by atoms with Crippen LogP contribution in [0.5, 0.6) is 5.75 Å². The lowest BCUT2D eigenvalue weighted by Gasteiger charge is -2.11. The number of pyridine rings is 1. The number of H-pyrrole nitrogens is 1. The van der Waals surface area contributed by atoms with Gasteiger partial charge in [0.1, 0.15) is 18.2 Å². The second kappa shape index (κ2) is 6.29. The summed E-state index contributed by atoms with van der Waals surface area (Å²) in [5.41, 5.74) is 2.52. The van der Waals surface area contributed by atoms with E-state index in [1.807, 2.05) is 30.3 Å². The van der Waals surface area contributed by atoms with Gasteiger partial charge in [0.25, 0.3) is 0 Å². The van der Waals surface area contributed by atoms with E-state index in [1.54, 1.807) is 13.3 Å². The molecule has 0 atom stereocenters. The average molecular weight is 319 g/mol. The van der Waals surface area contributed by atoms with Crippen LogP contribution in [0.15, 0.2) is 54.7 Å². The van der Waals surface area contributed by atoms with Crippen molar-refractivity contribution in [2.75, 3.05) is 20.3 Å². The first kappa shape index (κ1) is 14.7. The molecule has 120 valence electrons. The molecule has 5 nitrogen and oxygen atoms in total.